The van der Waals surface area contributed by atoms with Gasteiger partial charge in [-0.25, -0.2) is 18.7 Å². The number of phenolic OH excluding ortho intramolecular Hbond substituents is 1. The van der Waals surface area contributed by atoms with Crippen LogP contribution in [0.1, 0.15) is 31.8 Å². The van der Waals surface area contributed by atoms with Gasteiger partial charge < -0.3 is 29.3 Å². The predicted molar refractivity (Wildman–Crippen MR) is 240 cm³/mol. The van der Waals surface area contributed by atoms with Gasteiger partial charge in [-0.3, -0.25) is 9.59 Å². The highest BCUT2D eigenvalue weighted by Gasteiger charge is 2.13. The summed E-state index contributed by atoms with van der Waals surface area (Å²) in [7, 11) is 1.38. The van der Waals surface area contributed by atoms with E-state index in [-0.39, 0.29) is 20.1 Å². The zero-order valence-electron chi connectivity index (χ0n) is 31.6. The number of hydrogen-bond donors (Lipinski definition) is 3. The van der Waals surface area contributed by atoms with E-state index >= 15 is 0 Å². The quantitative estimate of drug-likeness (QED) is 0.137. The minimum atomic E-state index is -0.833. The van der Waals surface area contributed by atoms with Gasteiger partial charge in [0.25, 0.3) is 11.8 Å². The van der Waals surface area contributed by atoms with Gasteiger partial charge in [-0.05, 0) is 97.8 Å². The summed E-state index contributed by atoms with van der Waals surface area (Å²) in [4.78, 5) is 33.7. The smallest absolute Gasteiger partial charge is 0.369 e. The normalized spacial score (nSPS) is 10.6. The minimum absolute atomic E-state index is 0.101. The molecule has 3 N–H and O–H groups in total. The molecule has 4 aromatic carbocycles. The molecule has 0 spiro atoms. The SMILES string of the molecule is BrB(Br)Br.COc1ccc(C(=O)Nc2ccc(-c3cn4cc(C)ccc4n3)cc2)cc1F.Cc1ccc2nc(-c3ccc(NC(=O)c4ccc(O)c(F)c4)cc3)cn2c1. The molecule has 0 fully saturated rings. The number of anilines is 2. The van der Waals surface area contributed by atoms with Crippen molar-refractivity contribution in [3.05, 3.63) is 168 Å². The highest BCUT2D eigenvalue weighted by molar-refractivity contribution is 9.69. The number of fused-ring (bicyclic) bond motifs is 2. The number of imidazole rings is 2. The van der Waals surface area contributed by atoms with E-state index < -0.39 is 29.2 Å². The number of amides is 2. The van der Waals surface area contributed by atoms with Crippen LogP contribution < -0.4 is 15.4 Å². The first-order valence-electron chi connectivity index (χ1n) is 17.7. The summed E-state index contributed by atoms with van der Waals surface area (Å²) in [5, 5.41) is 14.7. The van der Waals surface area contributed by atoms with Crippen LogP contribution in [0.4, 0.5) is 20.2 Å². The molecule has 0 saturated heterocycles. The molecule has 0 aliphatic carbocycles. The second kappa shape index (κ2) is 19.3. The monoisotopic (exact) mass is 984 g/mol. The molecule has 0 bridgehead atoms. The molecule has 16 heteroatoms. The Labute approximate surface area is 363 Å². The molecule has 0 unspecified atom stereocenters. The molecule has 59 heavy (non-hydrogen) atoms. The van der Waals surface area contributed by atoms with E-state index in [4.69, 9.17) is 4.74 Å². The largest absolute Gasteiger partial charge is 0.505 e. The lowest BCUT2D eigenvalue weighted by atomic mass is 10.1. The first-order chi connectivity index (χ1) is 28.3. The number of nitrogens with zero attached hydrogens (tertiary/aromatic N) is 4. The number of methoxy groups -OCH3 is 1. The van der Waals surface area contributed by atoms with Gasteiger partial charge in [-0.1, -0.05) is 36.4 Å². The van der Waals surface area contributed by atoms with E-state index in [0.717, 1.165) is 63.1 Å². The number of aryl methyl sites for hydroxylation is 2. The molecule has 0 aliphatic rings. The molecule has 0 aliphatic heterocycles. The maximum Gasteiger partial charge on any atom is 0.369 e. The number of aromatic nitrogens is 4. The molecular weight excluding hydrogens is 953 g/mol. The van der Waals surface area contributed by atoms with Crippen LogP contribution in [0.25, 0.3) is 33.8 Å². The van der Waals surface area contributed by atoms with Crippen LogP contribution in [0, 0.1) is 25.5 Å². The number of benzene rings is 4. The van der Waals surface area contributed by atoms with E-state index in [9.17, 15) is 23.5 Å². The Morgan fingerprint density at radius 1 is 0.627 bits per heavy atom. The van der Waals surface area contributed by atoms with Crippen molar-refractivity contribution in [2.75, 3.05) is 17.7 Å². The van der Waals surface area contributed by atoms with Crippen molar-refractivity contribution in [1.29, 1.82) is 0 Å². The number of nitrogens with one attached hydrogen (secondary N) is 2. The number of halogens is 5. The van der Waals surface area contributed by atoms with Crippen LogP contribution >= 0.6 is 47.3 Å². The maximum absolute atomic E-state index is 13.8. The third-order valence-corrected chi connectivity index (χ3v) is 8.70. The lowest BCUT2D eigenvalue weighted by Gasteiger charge is -2.07. The summed E-state index contributed by atoms with van der Waals surface area (Å²) in [6, 6.07) is 30.2. The zero-order chi connectivity index (χ0) is 42.2. The fraction of sp³-hybridized carbons (Fsp3) is 0.0698. The number of hydrogen-bond acceptors (Lipinski definition) is 6. The Balaban J connectivity index is 0.000000182. The number of pyridine rings is 2. The van der Waals surface area contributed by atoms with Crippen molar-refractivity contribution in [3.8, 4) is 34.0 Å². The second-order valence-electron chi connectivity index (χ2n) is 13.0. The number of phenols is 1. The molecule has 8 aromatic rings. The third kappa shape index (κ3) is 11.2. The van der Waals surface area contributed by atoms with Crippen LogP contribution in [0.2, 0.25) is 0 Å². The number of aromatic hydroxyl groups is 1. The molecule has 4 heterocycles. The predicted octanol–water partition coefficient (Wildman–Crippen LogP) is 11.3. The summed E-state index contributed by atoms with van der Waals surface area (Å²) >= 11 is 9.31. The Morgan fingerprint density at radius 2 is 1.05 bits per heavy atom. The number of ether oxygens (including phenoxy) is 1. The van der Waals surface area contributed by atoms with Crippen LogP contribution in [-0.4, -0.2) is 46.0 Å². The molecule has 0 atom stereocenters. The van der Waals surface area contributed by atoms with E-state index in [1.807, 2.05) is 96.0 Å². The Bertz CT molecular complexity index is 2760. The second-order valence-corrected chi connectivity index (χ2v) is 19.5. The van der Waals surface area contributed by atoms with Crippen molar-refractivity contribution in [1.82, 2.24) is 18.8 Å². The van der Waals surface area contributed by atoms with Gasteiger partial charge in [0.15, 0.2) is 23.1 Å². The highest BCUT2D eigenvalue weighted by atomic mass is 79.9. The maximum atomic E-state index is 13.8. The topological polar surface area (TPSA) is 122 Å². The number of rotatable bonds is 7. The fourth-order valence-electron chi connectivity index (χ4n) is 5.80. The highest BCUT2D eigenvalue weighted by Crippen LogP contribution is 2.25. The lowest BCUT2D eigenvalue weighted by molar-refractivity contribution is 0.101. The van der Waals surface area contributed by atoms with Gasteiger partial charge in [-0.15, -0.1) is 47.3 Å². The average Bonchev–Trinajstić information content (AvgIpc) is 3.83. The van der Waals surface area contributed by atoms with Crippen molar-refractivity contribution in [2.45, 2.75) is 13.8 Å². The van der Waals surface area contributed by atoms with E-state index in [1.54, 1.807) is 24.3 Å². The van der Waals surface area contributed by atoms with Crippen LogP contribution in [0.3, 0.4) is 0 Å². The van der Waals surface area contributed by atoms with Crippen molar-refractivity contribution in [3.63, 3.8) is 0 Å². The Morgan fingerprint density at radius 3 is 1.46 bits per heavy atom. The zero-order valence-corrected chi connectivity index (χ0v) is 36.4. The lowest BCUT2D eigenvalue weighted by Crippen LogP contribution is -2.12. The summed E-state index contributed by atoms with van der Waals surface area (Å²) in [6.45, 7) is 4.06. The minimum Gasteiger partial charge on any atom is -0.505 e. The molecule has 2 amide bonds. The van der Waals surface area contributed by atoms with Crippen molar-refractivity contribution >= 4 is 84.9 Å². The van der Waals surface area contributed by atoms with Crippen LogP contribution in [0.15, 0.2) is 134 Å². The average molecular weight is 987 g/mol. The van der Waals surface area contributed by atoms with Gasteiger partial charge in [0.1, 0.15) is 11.3 Å². The van der Waals surface area contributed by atoms with Gasteiger partial charge in [-0.2, -0.15) is 0 Å². The molecule has 8 rings (SSSR count). The van der Waals surface area contributed by atoms with Gasteiger partial charge >= 0.3 is 3.18 Å². The summed E-state index contributed by atoms with van der Waals surface area (Å²) in [5.74, 6) is -2.64. The summed E-state index contributed by atoms with van der Waals surface area (Å²) < 4.78 is 36.3. The van der Waals surface area contributed by atoms with Crippen LogP contribution in [-0.2, 0) is 0 Å². The van der Waals surface area contributed by atoms with Crippen molar-refractivity contribution < 1.29 is 28.2 Å². The first kappa shape index (κ1) is 42.8. The molecule has 298 valence electrons. The summed E-state index contributed by atoms with van der Waals surface area (Å²) in [5.41, 5.74) is 9.13. The molecular formula is C43H34BBr3F2N6O4. The molecule has 0 saturated carbocycles. The standard InChI is InChI=1S/C22H18FN3O2.C21H16FN3O2.BBr3/c1-14-3-10-21-25-19(13-26(21)12-14)15-4-7-17(8-5-15)24-22(27)16-6-9-20(28-2)18(23)11-16;1-13-2-9-20-24-18(12-25(20)11-13)14-3-6-16(7-4-14)23-21(27)15-5-8-19(26)17(22)10-15;2-1(3)4/h3-13H,1-2H3,(H,24,27);2-12,26H,1H3,(H,23,27);. The Kier molecular flexibility index (Phi) is 14.0. The third-order valence-electron chi connectivity index (χ3n) is 8.70. The molecule has 4 aromatic heterocycles. The number of carbonyl (C=O) groups excluding carboxylic acids is 2. The molecule has 0 radical (unpaired) electrons. The Hall–Kier alpha value is -5.84. The van der Waals surface area contributed by atoms with E-state index in [2.05, 4.69) is 67.9 Å². The fourth-order valence-corrected chi connectivity index (χ4v) is 5.80. The number of carbonyl (C=O) groups is 2. The van der Waals surface area contributed by atoms with Gasteiger partial charge in [0.2, 0.25) is 0 Å². The summed E-state index contributed by atoms with van der Waals surface area (Å²) in [6.07, 6.45) is 7.96. The van der Waals surface area contributed by atoms with E-state index in [0.29, 0.717) is 11.4 Å². The van der Waals surface area contributed by atoms with Crippen LogP contribution in [0.5, 0.6) is 11.5 Å². The van der Waals surface area contributed by atoms with Gasteiger partial charge in [0.05, 0.1) is 18.5 Å². The van der Waals surface area contributed by atoms with Crippen molar-refractivity contribution in [2.24, 2.45) is 0 Å². The molecule has 10 nitrogen and oxygen atoms in total. The first-order valence-corrected chi connectivity index (χ1v) is 20.5. The van der Waals surface area contributed by atoms with E-state index in [1.165, 1.54) is 25.3 Å². The van der Waals surface area contributed by atoms with Gasteiger partial charge in [0, 0.05) is 58.4 Å².